The fourth-order valence-corrected chi connectivity index (χ4v) is 5.57. The fraction of sp³-hybridized carbons (Fsp3) is 0.480. The molecule has 32 heavy (non-hydrogen) atoms. The van der Waals surface area contributed by atoms with Gasteiger partial charge in [0.25, 0.3) is 0 Å². The van der Waals surface area contributed by atoms with Crippen LogP contribution in [0.1, 0.15) is 25.7 Å². The average Bonchev–Trinajstić information content (AvgIpc) is 3.36. The SMILES string of the molecule is CN1CCN(C[C@H]2CC[C@H](C(=O)Nc3cc4cc(-c5cncs5)ccc4cn3)CC2)CC1. The van der Waals surface area contributed by atoms with E-state index in [1.54, 1.807) is 11.3 Å². The number of carbonyl (C=O) groups is 1. The van der Waals surface area contributed by atoms with Crippen LogP contribution in [0.5, 0.6) is 0 Å². The summed E-state index contributed by atoms with van der Waals surface area (Å²) in [5.74, 6) is 1.59. The van der Waals surface area contributed by atoms with Crippen LogP contribution < -0.4 is 5.32 Å². The summed E-state index contributed by atoms with van der Waals surface area (Å²) in [4.78, 5) is 27.7. The maximum absolute atomic E-state index is 12.9. The molecule has 7 heteroatoms. The van der Waals surface area contributed by atoms with Crippen LogP contribution in [0.15, 0.2) is 42.2 Å². The Hall–Kier alpha value is -2.35. The molecule has 3 aromatic rings. The summed E-state index contributed by atoms with van der Waals surface area (Å²) in [6.07, 6.45) is 7.98. The minimum absolute atomic E-state index is 0.0970. The number of benzene rings is 1. The number of likely N-dealkylation sites (N-methyl/N-ethyl adjacent to an activating group) is 1. The number of carbonyl (C=O) groups excluding carboxylic acids is 1. The van der Waals surface area contributed by atoms with Crippen molar-refractivity contribution < 1.29 is 4.79 Å². The molecule has 168 valence electrons. The van der Waals surface area contributed by atoms with E-state index in [-0.39, 0.29) is 11.8 Å². The zero-order valence-corrected chi connectivity index (χ0v) is 19.5. The Morgan fingerprint density at radius 1 is 1.06 bits per heavy atom. The summed E-state index contributed by atoms with van der Waals surface area (Å²) >= 11 is 1.63. The molecule has 0 atom stereocenters. The molecule has 2 fully saturated rings. The molecule has 6 nitrogen and oxygen atoms in total. The predicted molar refractivity (Wildman–Crippen MR) is 131 cm³/mol. The van der Waals surface area contributed by atoms with Gasteiger partial charge in [0.1, 0.15) is 5.82 Å². The highest BCUT2D eigenvalue weighted by Crippen LogP contribution is 2.31. The van der Waals surface area contributed by atoms with E-state index in [1.807, 2.05) is 24.0 Å². The van der Waals surface area contributed by atoms with E-state index in [1.165, 1.54) is 32.7 Å². The monoisotopic (exact) mass is 449 g/mol. The molecule has 5 rings (SSSR count). The summed E-state index contributed by atoms with van der Waals surface area (Å²) in [5.41, 5.74) is 2.99. The van der Waals surface area contributed by atoms with Crippen molar-refractivity contribution >= 4 is 33.8 Å². The summed E-state index contributed by atoms with van der Waals surface area (Å²) < 4.78 is 0. The van der Waals surface area contributed by atoms with Crippen molar-refractivity contribution in [3.63, 3.8) is 0 Å². The molecule has 2 aliphatic rings. The molecule has 0 bridgehead atoms. The van der Waals surface area contributed by atoms with Gasteiger partial charge in [0.2, 0.25) is 5.91 Å². The lowest BCUT2D eigenvalue weighted by molar-refractivity contribution is -0.121. The topological polar surface area (TPSA) is 61.4 Å². The molecule has 1 saturated carbocycles. The van der Waals surface area contributed by atoms with Gasteiger partial charge in [-0.15, -0.1) is 11.3 Å². The van der Waals surface area contributed by atoms with Crippen LogP contribution >= 0.6 is 11.3 Å². The third kappa shape index (κ3) is 5.00. The molecule has 0 unspecified atom stereocenters. The zero-order valence-electron chi connectivity index (χ0n) is 18.7. The molecule has 3 heterocycles. The van der Waals surface area contributed by atoms with E-state index >= 15 is 0 Å². The third-order valence-electron chi connectivity index (χ3n) is 7.02. The first-order chi connectivity index (χ1) is 15.6. The van der Waals surface area contributed by atoms with E-state index in [4.69, 9.17) is 0 Å². The molecule has 0 spiro atoms. The Bertz CT molecular complexity index is 1050. The number of aromatic nitrogens is 2. The molecular formula is C25H31N5OS. The molecule has 1 saturated heterocycles. The number of hydrogen-bond acceptors (Lipinski definition) is 6. The van der Waals surface area contributed by atoms with Crippen molar-refractivity contribution in [2.24, 2.45) is 11.8 Å². The molecule has 1 aliphatic heterocycles. The molecule has 1 N–H and O–H groups in total. The number of nitrogens with one attached hydrogen (secondary N) is 1. The Labute approximate surface area is 193 Å². The first kappa shape index (κ1) is 21.5. The van der Waals surface area contributed by atoms with E-state index in [9.17, 15) is 4.79 Å². The van der Waals surface area contributed by atoms with E-state index in [2.05, 4.69) is 50.3 Å². The lowest BCUT2D eigenvalue weighted by atomic mass is 9.81. The first-order valence-electron chi connectivity index (χ1n) is 11.6. The highest BCUT2D eigenvalue weighted by Gasteiger charge is 2.28. The fourth-order valence-electron chi connectivity index (χ4n) is 4.95. The third-order valence-corrected chi connectivity index (χ3v) is 7.84. The van der Waals surface area contributed by atoms with Crippen molar-refractivity contribution in [3.05, 3.63) is 42.2 Å². The van der Waals surface area contributed by atoms with Gasteiger partial charge in [0.15, 0.2) is 0 Å². The summed E-state index contributed by atoms with van der Waals surface area (Å²) in [6, 6.07) is 8.29. The zero-order chi connectivity index (χ0) is 21.9. The molecule has 0 radical (unpaired) electrons. The van der Waals surface area contributed by atoms with Gasteiger partial charge in [-0.2, -0.15) is 0 Å². The first-order valence-corrected chi connectivity index (χ1v) is 12.5. The second-order valence-electron chi connectivity index (χ2n) is 9.31. The number of hydrogen-bond donors (Lipinski definition) is 1. The molecule has 2 aromatic heterocycles. The number of fused-ring (bicyclic) bond motifs is 1. The van der Waals surface area contributed by atoms with E-state index in [0.717, 1.165) is 52.8 Å². The van der Waals surface area contributed by atoms with Crippen LogP contribution in [-0.2, 0) is 4.79 Å². The van der Waals surface area contributed by atoms with Crippen LogP contribution in [0.25, 0.3) is 21.2 Å². The van der Waals surface area contributed by atoms with Crippen molar-refractivity contribution in [1.82, 2.24) is 19.8 Å². The van der Waals surface area contributed by atoms with Crippen molar-refractivity contribution in [3.8, 4) is 10.4 Å². The number of pyridine rings is 1. The summed E-state index contributed by atoms with van der Waals surface area (Å²) in [6.45, 7) is 5.88. The van der Waals surface area contributed by atoms with E-state index in [0.29, 0.717) is 5.82 Å². The van der Waals surface area contributed by atoms with Crippen LogP contribution in [-0.4, -0.2) is 65.4 Å². The second-order valence-corrected chi connectivity index (χ2v) is 10.2. The Morgan fingerprint density at radius 3 is 2.62 bits per heavy atom. The standard InChI is InChI=1S/C25H31N5OS/c1-29-8-10-30(11-9-29)16-18-2-4-19(5-3-18)25(31)28-24-13-22-12-20(23-15-26-17-32-23)6-7-21(22)14-27-24/h6-7,12-15,17-19H,2-5,8-11,16H2,1H3,(H,27,28,31)/t18-,19-. The maximum Gasteiger partial charge on any atom is 0.228 e. The van der Waals surface area contributed by atoms with Gasteiger partial charge in [-0.05, 0) is 61.7 Å². The van der Waals surface area contributed by atoms with Crippen molar-refractivity contribution in [2.75, 3.05) is 45.1 Å². The molecule has 1 amide bonds. The minimum atomic E-state index is 0.0970. The highest BCUT2D eigenvalue weighted by atomic mass is 32.1. The van der Waals surface area contributed by atoms with Gasteiger partial charge >= 0.3 is 0 Å². The Balaban J connectivity index is 1.17. The van der Waals surface area contributed by atoms with Gasteiger partial charge in [-0.1, -0.05) is 12.1 Å². The predicted octanol–water partition coefficient (Wildman–Crippen LogP) is 4.35. The van der Waals surface area contributed by atoms with Gasteiger partial charge in [-0.3, -0.25) is 9.78 Å². The van der Waals surface area contributed by atoms with Crippen LogP contribution in [0.3, 0.4) is 0 Å². The number of piperazine rings is 1. The number of rotatable bonds is 5. The number of amides is 1. The normalized spacial score (nSPS) is 22.8. The largest absolute Gasteiger partial charge is 0.310 e. The summed E-state index contributed by atoms with van der Waals surface area (Å²) in [5, 5.41) is 5.23. The van der Waals surface area contributed by atoms with Gasteiger partial charge in [0.05, 0.1) is 10.4 Å². The van der Waals surface area contributed by atoms with Gasteiger partial charge in [0, 0.05) is 56.4 Å². The van der Waals surface area contributed by atoms with Crippen LogP contribution in [0, 0.1) is 11.8 Å². The smallest absolute Gasteiger partial charge is 0.228 e. The Morgan fingerprint density at radius 2 is 1.88 bits per heavy atom. The van der Waals surface area contributed by atoms with Crippen molar-refractivity contribution in [2.45, 2.75) is 25.7 Å². The van der Waals surface area contributed by atoms with E-state index < -0.39 is 0 Å². The molecular weight excluding hydrogens is 418 g/mol. The van der Waals surface area contributed by atoms with Crippen molar-refractivity contribution in [1.29, 1.82) is 0 Å². The van der Waals surface area contributed by atoms with Gasteiger partial charge < -0.3 is 15.1 Å². The lowest BCUT2D eigenvalue weighted by Crippen LogP contribution is -2.46. The molecule has 1 aliphatic carbocycles. The Kier molecular flexibility index (Phi) is 6.48. The van der Waals surface area contributed by atoms with Crippen LogP contribution in [0.4, 0.5) is 5.82 Å². The number of nitrogens with zero attached hydrogens (tertiary/aromatic N) is 4. The summed E-state index contributed by atoms with van der Waals surface area (Å²) in [7, 11) is 2.20. The minimum Gasteiger partial charge on any atom is -0.310 e. The number of thiazole rings is 1. The quantitative estimate of drug-likeness (QED) is 0.627. The second kappa shape index (κ2) is 9.65. The van der Waals surface area contributed by atoms with Gasteiger partial charge in [-0.25, -0.2) is 4.98 Å². The maximum atomic E-state index is 12.9. The lowest BCUT2D eigenvalue weighted by Gasteiger charge is -2.36. The molecule has 1 aromatic carbocycles. The average molecular weight is 450 g/mol. The highest BCUT2D eigenvalue weighted by molar-refractivity contribution is 7.13. The number of anilines is 1. The van der Waals surface area contributed by atoms with Crippen LogP contribution in [0.2, 0.25) is 0 Å².